The fourth-order valence-electron chi connectivity index (χ4n) is 4.13. The molecule has 92 valence electrons. The van der Waals surface area contributed by atoms with Gasteiger partial charge in [0.25, 0.3) is 0 Å². The van der Waals surface area contributed by atoms with Crippen molar-refractivity contribution >= 4 is 5.78 Å². The Morgan fingerprint density at radius 3 is 2.31 bits per heavy atom. The molecule has 0 aliphatic heterocycles. The highest BCUT2D eigenvalue weighted by molar-refractivity contribution is 5.78. The summed E-state index contributed by atoms with van der Waals surface area (Å²) >= 11 is 0. The Bertz CT molecular complexity index is 279. The maximum Gasteiger partial charge on any atom is 0.132 e. The molecule has 0 spiro atoms. The van der Waals surface area contributed by atoms with Gasteiger partial charge in [-0.25, -0.2) is 0 Å². The minimum absolute atomic E-state index is 0.361. The van der Waals surface area contributed by atoms with Gasteiger partial charge in [0.15, 0.2) is 0 Å². The lowest BCUT2D eigenvalue weighted by Gasteiger charge is -2.55. The normalized spacial score (nSPS) is 42.5. The maximum atomic E-state index is 11.5. The van der Waals surface area contributed by atoms with Crippen LogP contribution in [0.3, 0.4) is 0 Å². The molecule has 1 heteroatoms. The van der Waals surface area contributed by atoms with Crippen molar-refractivity contribution in [3.63, 3.8) is 0 Å². The van der Waals surface area contributed by atoms with Gasteiger partial charge < -0.3 is 0 Å². The first-order chi connectivity index (χ1) is 7.42. The zero-order chi connectivity index (χ0) is 11.9. The predicted molar refractivity (Wildman–Crippen MR) is 67.2 cm³/mol. The van der Waals surface area contributed by atoms with Crippen LogP contribution in [0.2, 0.25) is 0 Å². The minimum Gasteiger partial charge on any atom is -0.300 e. The summed E-state index contributed by atoms with van der Waals surface area (Å²) in [5, 5.41) is 0. The molecule has 2 fully saturated rings. The summed E-state index contributed by atoms with van der Waals surface area (Å²) in [6, 6.07) is 0. The fraction of sp³-hybridized carbons (Fsp3) is 0.933. The molecular weight excluding hydrogens is 196 g/mol. The minimum atomic E-state index is 0.361. The van der Waals surface area contributed by atoms with Crippen molar-refractivity contribution in [2.24, 2.45) is 29.1 Å². The summed E-state index contributed by atoms with van der Waals surface area (Å²) in [6.07, 6.45) is 6.24. The van der Waals surface area contributed by atoms with Gasteiger partial charge >= 0.3 is 0 Å². The summed E-state index contributed by atoms with van der Waals surface area (Å²) < 4.78 is 0. The Morgan fingerprint density at radius 1 is 1.12 bits per heavy atom. The van der Waals surface area contributed by atoms with Crippen LogP contribution in [0, 0.1) is 29.1 Å². The Balaban J connectivity index is 2.04. The van der Waals surface area contributed by atoms with Gasteiger partial charge in [-0.1, -0.05) is 20.8 Å². The quantitative estimate of drug-likeness (QED) is 0.654. The topological polar surface area (TPSA) is 17.1 Å². The van der Waals surface area contributed by atoms with E-state index in [0.717, 1.165) is 30.6 Å². The molecular formula is C15H26O. The summed E-state index contributed by atoms with van der Waals surface area (Å²) in [6.45, 7) is 8.99. The number of hydrogen-bond donors (Lipinski definition) is 0. The molecule has 2 saturated carbocycles. The van der Waals surface area contributed by atoms with Crippen LogP contribution >= 0.6 is 0 Å². The number of carbonyl (C=O) groups is 1. The summed E-state index contributed by atoms with van der Waals surface area (Å²) in [4.78, 5) is 11.5. The summed E-state index contributed by atoms with van der Waals surface area (Å²) in [5.41, 5.74) is 0.539. The van der Waals surface area contributed by atoms with Crippen molar-refractivity contribution in [1.82, 2.24) is 0 Å². The van der Waals surface area contributed by atoms with Gasteiger partial charge in [-0.15, -0.1) is 0 Å². The lowest BCUT2D eigenvalue weighted by molar-refractivity contribution is -0.123. The molecule has 16 heavy (non-hydrogen) atoms. The first kappa shape index (κ1) is 12.1. The molecule has 4 atom stereocenters. The van der Waals surface area contributed by atoms with Gasteiger partial charge in [0.1, 0.15) is 5.78 Å². The van der Waals surface area contributed by atoms with Crippen molar-refractivity contribution in [3.8, 4) is 0 Å². The van der Waals surface area contributed by atoms with Gasteiger partial charge in [-0.05, 0) is 62.2 Å². The van der Waals surface area contributed by atoms with Gasteiger partial charge in [0.2, 0.25) is 0 Å². The number of ketones is 1. The van der Waals surface area contributed by atoms with E-state index in [1.54, 1.807) is 6.92 Å². The zero-order valence-electron chi connectivity index (χ0n) is 11.3. The highest BCUT2D eigenvalue weighted by Crippen LogP contribution is 2.57. The molecule has 0 saturated heterocycles. The molecule has 0 aromatic rings. The fourth-order valence-corrected chi connectivity index (χ4v) is 4.13. The number of hydrogen-bond acceptors (Lipinski definition) is 1. The van der Waals surface area contributed by atoms with E-state index in [0.29, 0.717) is 17.1 Å². The van der Waals surface area contributed by atoms with Crippen LogP contribution < -0.4 is 0 Å². The first-order valence-electron chi connectivity index (χ1n) is 6.92. The second-order valence-electron chi connectivity index (χ2n) is 6.90. The predicted octanol–water partition coefficient (Wildman–Crippen LogP) is 4.06. The number of fused-ring (bicyclic) bond motifs is 1. The van der Waals surface area contributed by atoms with Crippen LogP contribution in [-0.2, 0) is 4.79 Å². The van der Waals surface area contributed by atoms with Crippen molar-refractivity contribution in [1.29, 1.82) is 0 Å². The molecule has 0 aromatic heterocycles. The molecule has 0 amide bonds. The van der Waals surface area contributed by atoms with Crippen molar-refractivity contribution in [3.05, 3.63) is 0 Å². The SMILES string of the molecule is CC(=O)C1CCC(C)[C@H]2CC(C)(C)[C@@H]2CC1. The largest absolute Gasteiger partial charge is 0.300 e. The Kier molecular flexibility index (Phi) is 3.16. The molecule has 2 rings (SSSR count). The van der Waals surface area contributed by atoms with E-state index < -0.39 is 0 Å². The Hall–Kier alpha value is -0.330. The van der Waals surface area contributed by atoms with Gasteiger partial charge in [-0.2, -0.15) is 0 Å². The lowest BCUT2D eigenvalue weighted by Crippen LogP contribution is -2.47. The third-order valence-electron chi connectivity index (χ3n) is 5.38. The molecule has 0 bridgehead atoms. The van der Waals surface area contributed by atoms with Crippen molar-refractivity contribution < 1.29 is 4.79 Å². The Labute approximate surface area is 100.0 Å². The second kappa shape index (κ2) is 4.16. The smallest absolute Gasteiger partial charge is 0.132 e. The van der Waals surface area contributed by atoms with E-state index in [1.807, 2.05) is 0 Å². The zero-order valence-corrected chi connectivity index (χ0v) is 11.3. The van der Waals surface area contributed by atoms with E-state index >= 15 is 0 Å². The number of rotatable bonds is 1. The van der Waals surface area contributed by atoms with E-state index in [9.17, 15) is 4.79 Å². The molecule has 2 unspecified atom stereocenters. The third kappa shape index (κ3) is 2.06. The highest BCUT2D eigenvalue weighted by atomic mass is 16.1. The van der Waals surface area contributed by atoms with Gasteiger partial charge in [0, 0.05) is 5.92 Å². The van der Waals surface area contributed by atoms with Crippen molar-refractivity contribution in [2.45, 2.75) is 59.8 Å². The summed E-state index contributed by atoms with van der Waals surface area (Å²) in [7, 11) is 0. The van der Waals surface area contributed by atoms with E-state index in [1.165, 1.54) is 19.3 Å². The molecule has 0 aromatic carbocycles. The van der Waals surface area contributed by atoms with Crippen molar-refractivity contribution in [2.75, 3.05) is 0 Å². The molecule has 1 nitrogen and oxygen atoms in total. The van der Waals surface area contributed by atoms with Gasteiger partial charge in [-0.3, -0.25) is 4.79 Å². The van der Waals surface area contributed by atoms with Crippen LogP contribution in [0.4, 0.5) is 0 Å². The molecule has 0 radical (unpaired) electrons. The van der Waals surface area contributed by atoms with Crippen LogP contribution in [0.5, 0.6) is 0 Å². The highest BCUT2D eigenvalue weighted by Gasteiger charge is 2.49. The van der Waals surface area contributed by atoms with E-state index in [2.05, 4.69) is 20.8 Å². The van der Waals surface area contributed by atoms with Gasteiger partial charge in [0.05, 0.1) is 0 Å². The molecule has 0 heterocycles. The first-order valence-corrected chi connectivity index (χ1v) is 6.92. The van der Waals surface area contributed by atoms with Crippen LogP contribution in [-0.4, -0.2) is 5.78 Å². The average Bonchev–Trinajstić information content (AvgIpc) is 2.16. The van der Waals surface area contributed by atoms with E-state index in [-0.39, 0.29) is 0 Å². The number of Topliss-reactive ketones (excluding diaryl/α,β-unsaturated/α-hetero) is 1. The third-order valence-corrected chi connectivity index (χ3v) is 5.38. The number of carbonyl (C=O) groups excluding carboxylic acids is 1. The average molecular weight is 222 g/mol. The standard InChI is InChI=1S/C15H26O/c1-10-5-6-12(11(2)16)7-8-14-13(10)9-15(14,3)4/h10,12-14H,5-9H2,1-4H3/t10?,12?,13-,14-/m1/s1. The monoisotopic (exact) mass is 222 g/mol. The van der Waals surface area contributed by atoms with Crippen LogP contribution in [0.15, 0.2) is 0 Å². The Morgan fingerprint density at radius 2 is 1.75 bits per heavy atom. The van der Waals surface area contributed by atoms with E-state index in [4.69, 9.17) is 0 Å². The van der Waals surface area contributed by atoms with Crippen LogP contribution in [0.25, 0.3) is 0 Å². The summed E-state index contributed by atoms with van der Waals surface area (Å²) in [5.74, 6) is 3.44. The maximum absolute atomic E-state index is 11.5. The molecule has 2 aliphatic rings. The molecule has 2 aliphatic carbocycles. The van der Waals surface area contributed by atoms with Crippen LogP contribution in [0.1, 0.15) is 59.8 Å². The second-order valence-corrected chi connectivity index (χ2v) is 6.90. The lowest BCUT2D eigenvalue weighted by atomic mass is 9.49. The molecule has 0 N–H and O–H groups in total.